The number of anilines is 1. The average molecular weight is 395 g/mol. The fourth-order valence-electron chi connectivity index (χ4n) is 2.93. The van der Waals surface area contributed by atoms with Crippen LogP contribution in [-0.2, 0) is 26.3 Å². The molecule has 0 spiro atoms. The van der Waals surface area contributed by atoms with E-state index in [0.717, 1.165) is 16.6 Å². The molecule has 1 N–H and O–H groups in total. The Morgan fingerprint density at radius 2 is 1.90 bits per heavy atom. The molecule has 0 radical (unpaired) electrons. The summed E-state index contributed by atoms with van der Waals surface area (Å²) in [7, 11) is 1.54. The van der Waals surface area contributed by atoms with Crippen LogP contribution in [0.3, 0.4) is 0 Å². The fraction of sp³-hybridized carbons (Fsp3) is 0.318. The monoisotopic (exact) mass is 395 g/mol. The van der Waals surface area contributed by atoms with Crippen LogP contribution < -0.4 is 10.1 Å². The van der Waals surface area contributed by atoms with Gasteiger partial charge in [-0.15, -0.1) is 0 Å². The van der Waals surface area contributed by atoms with Crippen molar-refractivity contribution in [2.24, 2.45) is 0 Å². The Morgan fingerprint density at radius 3 is 2.62 bits per heavy atom. The minimum atomic E-state index is -0.515. The summed E-state index contributed by atoms with van der Waals surface area (Å²) in [6, 6.07) is 13.1. The van der Waals surface area contributed by atoms with Crippen LogP contribution in [0.1, 0.15) is 26.3 Å². The smallest absolute Gasteiger partial charge is 0.326 e. The van der Waals surface area contributed by atoms with Crippen molar-refractivity contribution < 1.29 is 19.1 Å². The Labute approximate surface area is 169 Å². The standard InChI is InChI=1S/C22H25N3O4/c1-22(2,3)15-9-10-19(28-4)17(11-15)24-20(26)13-29-21(27)12-25-14-23-16-7-5-6-8-18(16)25/h5-11,14H,12-13H2,1-4H3,(H,24,26). The molecule has 3 aromatic rings. The number of carbonyl (C=O) groups is 2. The molecule has 0 aliphatic carbocycles. The molecule has 0 fully saturated rings. The SMILES string of the molecule is COc1ccc(C(C)(C)C)cc1NC(=O)COC(=O)Cn1cnc2ccccc21. The molecule has 7 nitrogen and oxygen atoms in total. The van der Waals surface area contributed by atoms with Gasteiger partial charge in [0.25, 0.3) is 5.91 Å². The first-order chi connectivity index (χ1) is 13.8. The first-order valence-corrected chi connectivity index (χ1v) is 9.32. The third-order valence-corrected chi connectivity index (χ3v) is 4.53. The molecule has 1 heterocycles. The molecule has 2 aromatic carbocycles. The van der Waals surface area contributed by atoms with Crippen molar-refractivity contribution in [3.05, 3.63) is 54.4 Å². The minimum Gasteiger partial charge on any atom is -0.495 e. The number of carbonyl (C=O) groups excluding carboxylic acids is 2. The highest BCUT2D eigenvalue weighted by atomic mass is 16.5. The fourth-order valence-corrected chi connectivity index (χ4v) is 2.93. The number of ether oxygens (including phenoxy) is 2. The van der Waals surface area contributed by atoms with E-state index in [0.29, 0.717) is 11.4 Å². The molecule has 29 heavy (non-hydrogen) atoms. The predicted octanol–water partition coefficient (Wildman–Crippen LogP) is 3.52. The molecule has 3 rings (SSSR count). The van der Waals surface area contributed by atoms with Gasteiger partial charge in [0.15, 0.2) is 6.61 Å². The summed E-state index contributed by atoms with van der Waals surface area (Å²) < 4.78 is 12.1. The number of amides is 1. The summed E-state index contributed by atoms with van der Waals surface area (Å²) in [4.78, 5) is 28.7. The number of aromatic nitrogens is 2. The molecule has 0 atom stereocenters. The summed E-state index contributed by atoms with van der Waals surface area (Å²) in [5.41, 5.74) is 3.15. The maximum Gasteiger partial charge on any atom is 0.326 e. The Bertz CT molecular complexity index is 1030. The van der Waals surface area contributed by atoms with Crippen molar-refractivity contribution in [2.75, 3.05) is 19.0 Å². The molecule has 0 unspecified atom stereocenters. The topological polar surface area (TPSA) is 82.5 Å². The normalized spacial score (nSPS) is 11.3. The second-order valence-corrected chi connectivity index (χ2v) is 7.74. The lowest BCUT2D eigenvalue weighted by Gasteiger charge is -2.21. The Morgan fingerprint density at radius 1 is 1.14 bits per heavy atom. The summed E-state index contributed by atoms with van der Waals surface area (Å²) in [5, 5.41) is 2.76. The molecule has 0 aliphatic heterocycles. The summed E-state index contributed by atoms with van der Waals surface area (Å²) >= 11 is 0. The highest BCUT2D eigenvalue weighted by Gasteiger charge is 2.17. The number of hydrogen-bond donors (Lipinski definition) is 1. The zero-order valence-electron chi connectivity index (χ0n) is 17.1. The molecular formula is C22H25N3O4. The van der Waals surface area contributed by atoms with Crippen LogP contribution in [0, 0.1) is 0 Å². The van der Waals surface area contributed by atoms with E-state index in [1.165, 1.54) is 7.11 Å². The second-order valence-electron chi connectivity index (χ2n) is 7.74. The van der Waals surface area contributed by atoms with Gasteiger partial charge in [0.05, 0.1) is 30.2 Å². The molecule has 1 aromatic heterocycles. The lowest BCUT2D eigenvalue weighted by molar-refractivity contribution is -0.147. The number of fused-ring (bicyclic) bond motifs is 1. The van der Waals surface area contributed by atoms with Crippen LogP contribution in [0.5, 0.6) is 5.75 Å². The van der Waals surface area contributed by atoms with Crippen LogP contribution in [0.15, 0.2) is 48.8 Å². The van der Waals surface area contributed by atoms with Gasteiger partial charge in [0.2, 0.25) is 0 Å². The van der Waals surface area contributed by atoms with Crippen LogP contribution in [0.25, 0.3) is 11.0 Å². The lowest BCUT2D eigenvalue weighted by Crippen LogP contribution is -2.23. The van der Waals surface area contributed by atoms with E-state index >= 15 is 0 Å². The Balaban J connectivity index is 1.60. The van der Waals surface area contributed by atoms with Crippen LogP contribution in [0.4, 0.5) is 5.69 Å². The third-order valence-electron chi connectivity index (χ3n) is 4.53. The van der Waals surface area contributed by atoms with Gasteiger partial charge in [-0.25, -0.2) is 4.98 Å². The van der Waals surface area contributed by atoms with E-state index in [-0.39, 0.29) is 18.6 Å². The van der Waals surface area contributed by atoms with E-state index in [1.807, 2.05) is 42.5 Å². The molecule has 0 saturated carbocycles. The van der Waals surface area contributed by atoms with Gasteiger partial charge in [-0.1, -0.05) is 39.0 Å². The van der Waals surface area contributed by atoms with Gasteiger partial charge in [0.1, 0.15) is 12.3 Å². The number of esters is 1. The quantitative estimate of drug-likeness (QED) is 0.646. The first kappa shape index (κ1) is 20.4. The first-order valence-electron chi connectivity index (χ1n) is 9.32. The predicted molar refractivity (Wildman–Crippen MR) is 111 cm³/mol. The number of para-hydroxylation sites is 2. The molecular weight excluding hydrogens is 370 g/mol. The second kappa shape index (κ2) is 8.34. The number of imidazole rings is 1. The Kier molecular flexibility index (Phi) is 5.87. The van der Waals surface area contributed by atoms with Gasteiger partial charge in [-0.05, 0) is 35.2 Å². The van der Waals surface area contributed by atoms with Gasteiger partial charge < -0.3 is 19.4 Å². The van der Waals surface area contributed by atoms with Gasteiger partial charge in [-0.3, -0.25) is 9.59 Å². The molecule has 152 valence electrons. The van der Waals surface area contributed by atoms with Crippen molar-refractivity contribution >= 4 is 28.6 Å². The highest BCUT2D eigenvalue weighted by Crippen LogP contribution is 2.31. The number of rotatable bonds is 6. The minimum absolute atomic E-state index is 0.0172. The van der Waals surface area contributed by atoms with Crippen LogP contribution >= 0.6 is 0 Å². The molecule has 0 aliphatic rings. The van der Waals surface area contributed by atoms with Crippen molar-refractivity contribution in [1.29, 1.82) is 0 Å². The average Bonchev–Trinajstić information content (AvgIpc) is 3.08. The maximum atomic E-state index is 12.3. The zero-order valence-corrected chi connectivity index (χ0v) is 17.1. The van der Waals surface area contributed by atoms with E-state index in [9.17, 15) is 9.59 Å². The Hall–Kier alpha value is -3.35. The number of benzene rings is 2. The maximum absolute atomic E-state index is 12.3. The van der Waals surface area contributed by atoms with E-state index < -0.39 is 11.9 Å². The van der Waals surface area contributed by atoms with Crippen molar-refractivity contribution in [1.82, 2.24) is 9.55 Å². The lowest BCUT2D eigenvalue weighted by atomic mass is 9.87. The highest BCUT2D eigenvalue weighted by molar-refractivity contribution is 5.94. The van der Waals surface area contributed by atoms with Crippen LogP contribution in [-0.4, -0.2) is 35.1 Å². The van der Waals surface area contributed by atoms with E-state index in [1.54, 1.807) is 10.9 Å². The van der Waals surface area contributed by atoms with Gasteiger partial charge >= 0.3 is 5.97 Å². The van der Waals surface area contributed by atoms with Crippen molar-refractivity contribution in [3.8, 4) is 5.75 Å². The van der Waals surface area contributed by atoms with Gasteiger partial charge in [0, 0.05) is 0 Å². The zero-order chi connectivity index (χ0) is 21.0. The van der Waals surface area contributed by atoms with E-state index in [2.05, 4.69) is 31.1 Å². The summed E-state index contributed by atoms with van der Waals surface area (Å²) in [5.74, 6) is -0.403. The number of nitrogens with zero attached hydrogens (tertiary/aromatic N) is 2. The number of hydrogen-bond acceptors (Lipinski definition) is 5. The largest absolute Gasteiger partial charge is 0.495 e. The van der Waals surface area contributed by atoms with Crippen LogP contribution in [0.2, 0.25) is 0 Å². The summed E-state index contributed by atoms with van der Waals surface area (Å²) in [6.07, 6.45) is 1.58. The van der Waals surface area contributed by atoms with Crippen molar-refractivity contribution in [2.45, 2.75) is 32.7 Å². The summed E-state index contributed by atoms with van der Waals surface area (Å²) in [6.45, 7) is 5.86. The van der Waals surface area contributed by atoms with Gasteiger partial charge in [-0.2, -0.15) is 0 Å². The van der Waals surface area contributed by atoms with E-state index in [4.69, 9.17) is 9.47 Å². The molecule has 7 heteroatoms. The molecule has 0 saturated heterocycles. The van der Waals surface area contributed by atoms with Crippen molar-refractivity contribution in [3.63, 3.8) is 0 Å². The molecule has 0 bridgehead atoms. The number of nitrogens with one attached hydrogen (secondary N) is 1. The third kappa shape index (κ3) is 4.93. The number of methoxy groups -OCH3 is 1. The molecule has 1 amide bonds.